The van der Waals surface area contributed by atoms with Crippen LogP contribution in [0, 0.1) is 13.8 Å². The summed E-state index contributed by atoms with van der Waals surface area (Å²) in [7, 11) is 1.89. The molecule has 2 aromatic rings. The van der Waals surface area contributed by atoms with Crippen molar-refractivity contribution in [3.05, 3.63) is 46.8 Å². The number of hydrogen-bond donors (Lipinski definition) is 2. The van der Waals surface area contributed by atoms with Gasteiger partial charge in [0, 0.05) is 25.2 Å². The lowest BCUT2D eigenvalue weighted by Gasteiger charge is -2.16. The molecule has 2 N–H and O–H groups in total. The molecule has 1 amide bonds. The number of benzene rings is 1. The van der Waals surface area contributed by atoms with Gasteiger partial charge >= 0.3 is 6.18 Å². The first-order chi connectivity index (χ1) is 12.6. The Morgan fingerprint density at radius 1 is 1.26 bits per heavy atom. The molecule has 0 fully saturated rings. The van der Waals surface area contributed by atoms with Gasteiger partial charge in [0.2, 0.25) is 5.91 Å². The maximum atomic E-state index is 13.0. The number of halogens is 3. The number of rotatable bonds is 7. The normalized spacial score (nSPS) is 12.9. The van der Waals surface area contributed by atoms with E-state index in [1.807, 2.05) is 32.5 Å². The second-order valence-electron chi connectivity index (χ2n) is 6.67. The summed E-state index contributed by atoms with van der Waals surface area (Å²) in [5, 5.41) is 9.97. The van der Waals surface area contributed by atoms with Crippen LogP contribution in [0.4, 0.5) is 18.9 Å². The van der Waals surface area contributed by atoms with Gasteiger partial charge in [-0.15, -0.1) is 0 Å². The third-order valence-electron chi connectivity index (χ3n) is 4.52. The van der Waals surface area contributed by atoms with Gasteiger partial charge in [0.25, 0.3) is 0 Å². The second-order valence-corrected chi connectivity index (χ2v) is 6.67. The lowest BCUT2D eigenvalue weighted by atomic mass is 10.1. The smallest absolute Gasteiger partial charge is 0.325 e. The lowest BCUT2D eigenvalue weighted by Crippen LogP contribution is -2.32. The van der Waals surface area contributed by atoms with Crippen LogP contribution in [0.25, 0.3) is 0 Å². The van der Waals surface area contributed by atoms with Crippen molar-refractivity contribution in [2.75, 3.05) is 11.9 Å². The van der Waals surface area contributed by atoms with Crippen molar-refractivity contribution in [3.8, 4) is 0 Å². The van der Waals surface area contributed by atoms with E-state index in [9.17, 15) is 18.0 Å². The average molecular weight is 382 g/mol. The van der Waals surface area contributed by atoms with Gasteiger partial charge in [-0.05, 0) is 51.4 Å². The van der Waals surface area contributed by atoms with E-state index in [1.165, 1.54) is 23.8 Å². The Morgan fingerprint density at radius 2 is 1.93 bits per heavy atom. The van der Waals surface area contributed by atoms with Gasteiger partial charge in [-0.1, -0.05) is 12.1 Å². The van der Waals surface area contributed by atoms with Crippen LogP contribution in [0.5, 0.6) is 0 Å². The van der Waals surface area contributed by atoms with Gasteiger partial charge in [0.15, 0.2) is 0 Å². The predicted molar refractivity (Wildman–Crippen MR) is 98.5 cm³/mol. The summed E-state index contributed by atoms with van der Waals surface area (Å²) in [5.74, 6) is -0.458. The molecule has 1 atom stereocenters. The standard InChI is InChI=1S/C19H25F3N4O/c1-12(23-10-9-15-13(2)25-26(4)14(15)3)11-18(27)24-17-8-6-5-7-16(17)19(20,21)22/h5-8,12,23H,9-11H2,1-4H3,(H,24,27). The monoisotopic (exact) mass is 382 g/mol. The Kier molecular flexibility index (Phi) is 6.64. The second kappa shape index (κ2) is 8.56. The van der Waals surface area contributed by atoms with Gasteiger partial charge in [-0.2, -0.15) is 18.3 Å². The van der Waals surface area contributed by atoms with Crippen LogP contribution in [-0.4, -0.2) is 28.3 Å². The minimum Gasteiger partial charge on any atom is -0.325 e. The molecule has 0 saturated carbocycles. The first-order valence-corrected chi connectivity index (χ1v) is 8.78. The van der Waals surface area contributed by atoms with E-state index >= 15 is 0 Å². The quantitative estimate of drug-likeness (QED) is 0.769. The third-order valence-corrected chi connectivity index (χ3v) is 4.52. The molecule has 1 aromatic heterocycles. The minimum absolute atomic E-state index is 0.0806. The molecule has 0 aliphatic heterocycles. The van der Waals surface area contributed by atoms with E-state index in [0.717, 1.165) is 23.9 Å². The largest absolute Gasteiger partial charge is 0.418 e. The van der Waals surface area contributed by atoms with Gasteiger partial charge in [-0.3, -0.25) is 9.48 Å². The molecule has 1 heterocycles. The van der Waals surface area contributed by atoms with E-state index < -0.39 is 17.6 Å². The van der Waals surface area contributed by atoms with Crippen molar-refractivity contribution in [2.45, 2.75) is 45.8 Å². The van der Waals surface area contributed by atoms with Gasteiger partial charge < -0.3 is 10.6 Å². The molecule has 8 heteroatoms. The Hall–Kier alpha value is -2.35. The fourth-order valence-electron chi connectivity index (χ4n) is 3.01. The van der Waals surface area contributed by atoms with Crippen molar-refractivity contribution < 1.29 is 18.0 Å². The van der Waals surface area contributed by atoms with Crippen LogP contribution in [0.15, 0.2) is 24.3 Å². The zero-order valence-electron chi connectivity index (χ0n) is 15.9. The molecule has 0 aliphatic rings. The number of alkyl halides is 3. The summed E-state index contributed by atoms with van der Waals surface area (Å²) in [4.78, 5) is 12.1. The molecular weight excluding hydrogens is 357 g/mol. The number of anilines is 1. The topological polar surface area (TPSA) is 59.0 Å². The van der Waals surface area contributed by atoms with E-state index in [4.69, 9.17) is 0 Å². The Balaban J connectivity index is 1.86. The summed E-state index contributed by atoms with van der Waals surface area (Å²) in [6.45, 7) is 6.45. The number of aryl methyl sites for hydroxylation is 2. The maximum absolute atomic E-state index is 13.0. The minimum atomic E-state index is -4.51. The lowest BCUT2D eigenvalue weighted by molar-refractivity contribution is -0.137. The highest BCUT2D eigenvalue weighted by atomic mass is 19.4. The number of amides is 1. The van der Waals surface area contributed by atoms with Gasteiger partial charge in [-0.25, -0.2) is 0 Å². The first-order valence-electron chi connectivity index (χ1n) is 8.78. The molecule has 1 aromatic carbocycles. The molecule has 0 bridgehead atoms. The number of nitrogens with one attached hydrogen (secondary N) is 2. The number of carbonyl (C=O) groups is 1. The highest BCUT2D eigenvalue weighted by molar-refractivity contribution is 5.92. The summed E-state index contributed by atoms with van der Waals surface area (Å²) in [6.07, 6.45) is -3.65. The van der Waals surface area contributed by atoms with E-state index in [0.29, 0.717) is 6.54 Å². The third kappa shape index (κ3) is 5.56. The molecule has 0 saturated heterocycles. The number of aromatic nitrogens is 2. The van der Waals surface area contributed by atoms with Gasteiger partial charge in [0.05, 0.1) is 16.9 Å². The van der Waals surface area contributed by atoms with Crippen molar-refractivity contribution in [1.29, 1.82) is 0 Å². The molecule has 148 valence electrons. The van der Waals surface area contributed by atoms with Crippen LogP contribution in [0.2, 0.25) is 0 Å². The highest BCUT2D eigenvalue weighted by Gasteiger charge is 2.33. The van der Waals surface area contributed by atoms with Crippen molar-refractivity contribution in [1.82, 2.24) is 15.1 Å². The predicted octanol–water partition coefficient (Wildman–Crippen LogP) is 3.61. The molecule has 2 rings (SSSR count). The molecule has 0 spiro atoms. The summed E-state index contributed by atoms with van der Waals surface area (Å²) in [5.41, 5.74) is 2.18. The fraction of sp³-hybridized carbons (Fsp3) is 0.474. The molecule has 0 aliphatic carbocycles. The van der Waals surface area contributed by atoms with Crippen LogP contribution in [-0.2, 0) is 24.4 Å². The number of nitrogens with zero attached hydrogens (tertiary/aromatic N) is 2. The highest BCUT2D eigenvalue weighted by Crippen LogP contribution is 2.34. The Morgan fingerprint density at radius 3 is 2.52 bits per heavy atom. The Bertz CT molecular complexity index is 799. The van der Waals surface area contributed by atoms with E-state index in [1.54, 1.807) is 0 Å². The van der Waals surface area contributed by atoms with Crippen LogP contribution >= 0.6 is 0 Å². The molecular formula is C19H25F3N4O. The maximum Gasteiger partial charge on any atom is 0.418 e. The zero-order valence-corrected chi connectivity index (χ0v) is 15.9. The van der Waals surface area contributed by atoms with Crippen molar-refractivity contribution >= 4 is 11.6 Å². The summed E-state index contributed by atoms with van der Waals surface area (Å²) >= 11 is 0. The average Bonchev–Trinajstić information content (AvgIpc) is 2.80. The number of para-hydroxylation sites is 1. The number of carbonyl (C=O) groups excluding carboxylic acids is 1. The van der Waals surface area contributed by atoms with Crippen LogP contribution in [0.3, 0.4) is 0 Å². The Labute approximate surface area is 157 Å². The molecule has 1 unspecified atom stereocenters. The molecule has 5 nitrogen and oxygen atoms in total. The van der Waals surface area contributed by atoms with Crippen LogP contribution in [0.1, 0.15) is 35.9 Å². The summed E-state index contributed by atoms with van der Waals surface area (Å²) < 4.78 is 40.8. The van der Waals surface area contributed by atoms with Crippen molar-refractivity contribution in [2.24, 2.45) is 7.05 Å². The molecule has 27 heavy (non-hydrogen) atoms. The SMILES string of the molecule is Cc1nn(C)c(C)c1CCNC(C)CC(=O)Nc1ccccc1C(F)(F)F. The van der Waals surface area contributed by atoms with Crippen molar-refractivity contribution in [3.63, 3.8) is 0 Å². The fourth-order valence-corrected chi connectivity index (χ4v) is 3.01. The number of hydrogen-bond acceptors (Lipinski definition) is 3. The van der Waals surface area contributed by atoms with E-state index in [2.05, 4.69) is 15.7 Å². The molecule has 0 radical (unpaired) electrons. The van der Waals surface area contributed by atoms with Crippen LogP contribution < -0.4 is 10.6 Å². The summed E-state index contributed by atoms with van der Waals surface area (Å²) in [6, 6.07) is 4.80. The first kappa shape index (κ1) is 21.0. The van der Waals surface area contributed by atoms with E-state index in [-0.39, 0.29) is 18.2 Å². The van der Waals surface area contributed by atoms with Gasteiger partial charge in [0.1, 0.15) is 0 Å². The zero-order chi connectivity index (χ0) is 20.2.